The largest absolute Gasteiger partial charge is 0.421 e. The molecule has 2 unspecified atom stereocenters. The highest BCUT2D eigenvalue weighted by Crippen LogP contribution is 2.50. The second kappa shape index (κ2) is 11.5. The van der Waals surface area contributed by atoms with E-state index in [2.05, 4.69) is 21.6 Å². The molecule has 4 aromatic heterocycles. The molecule has 1 aliphatic carbocycles. The first kappa shape index (κ1) is 29.0. The minimum Gasteiger partial charge on any atom is -0.421 e. The highest BCUT2D eigenvalue weighted by atomic mass is 32.1. The zero-order valence-electron chi connectivity index (χ0n) is 26.2. The van der Waals surface area contributed by atoms with Crippen LogP contribution in [0.2, 0.25) is 0 Å². The lowest BCUT2D eigenvalue weighted by Gasteiger charge is -2.22. The quantitative estimate of drug-likeness (QED) is 0.192. The number of rotatable bonds is 7. The van der Waals surface area contributed by atoms with Crippen molar-refractivity contribution in [2.24, 2.45) is 5.92 Å². The van der Waals surface area contributed by atoms with Gasteiger partial charge in [-0.3, -0.25) is 9.78 Å². The molecule has 2 saturated heterocycles. The topological polar surface area (TPSA) is 106 Å². The highest BCUT2D eigenvalue weighted by Gasteiger charge is 2.45. The fourth-order valence-electron chi connectivity index (χ4n) is 8.06. The summed E-state index contributed by atoms with van der Waals surface area (Å²) >= 11 is 1.61. The van der Waals surface area contributed by atoms with Crippen LogP contribution in [0.3, 0.4) is 0 Å². The second-order valence-corrected chi connectivity index (χ2v) is 14.3. The smallest absolute Gasteiger partial charge is 0.257 e. The molecular formula is C36H35FN6O3S. The number of carbonyl (C=O) groups is 1. The zero-order chi connectivity index (χ0) is 31.6. The minimum atomic E-state index is -0.227. The number of carbonyl (C=O) groups excluding carboxylic acids is 1. The van der Waals surface area contributed by atoms with Gasteiger partial charge in [-0.05, 0) is 98.1 Å². The Balaban J connectivity index is 1.20. The maximum absolute atomic E-state index is 14.2. The average molecular weight is 651 g/mol. The predicted molar refractivity (Wildman–Crippen MR) is 177 cm³/mol. The Morgan fingerprint density at radius 3 is 2.81 bits per heavy atom. The number of nitrogens with one attached hydrogen (secondary N) is 1. The lowest BCUT2D eigenvalue weighted by Crippen LogP contribution is -2.22. The molecule has 3 aliphatic heterocycles. The van der Waals surface area contributed by atoms with Gasteiger partial charge in [0.05, 0.1) is 39.3 Å². The summed E-state index contributed by atoms with van der Waals surface area (Å²) in [5.41, 5.74) is 6.20. The van der Waals surface area contributed by atoms with Gasteiger partial charge in [0.2, 0.25) is 11.8 Å². The Labute approximate surface area is 275 Å². The third-order valence-corrected chi connectivity index (χ3v) is 11.6. The minimum absolute atomic E-state index is 0.00680. The maximum atomic E-state index is 14.2. The number of benzene rings is 1. The third kappa shape index (κ3) is 4.93. The number of aromatic nitrogens is 4. The van der Waals surface area contributed by atoms with E-state index in [0.717, 1.165) is 120 Å². The Morgan fingerprint density at radius 2 is 1.96 bits per heavy atom. The van der Waals surface area contributed by atoms with Crippen molar-refractivity contribution in [2.75, 3.05) is 25.1 Å². The van der Waals surface area contributed by atoms with Gasteiger partial charge in [-0.15, -0.1) is 21.5 Å². The molecule has 9 nitrogen and oxygen atoms in total. The first-order valence-electron chi connectivity index (χ1n) is 16.7. The number of aryl methyl sites for hydroxylation is 3. The number of ether oxygens (including phenoxy) is 1. The summed E-state index contributed by atoms with van der Waals surface area (Å²) in [5, 5.41) is 13.4. The van der Waals surface area contributed by atoms with Crippen LogP contribution in [0, 0.1) is 18.7 Å². The Bertz CT molecular complexity index is 2030. The third-order valence-electron chi connectivity index (χ3n) is 10.4. The summed E-state index contributed by atoms with van der Waals surface area (Å²) in [5.74, 6) is 1.98. The first-order valence-corrected chi connectivity index (χ1v) is 17.5. The SMILES string of the molecule is Cc1nnc(-c2c(CCC3CCOCC3)nc3c(c2-c2cc4ccnc(NC5CCc6ccc(F)cc65)c4s2)C(=O)N2CCCC32)o1. The lowest BCUT2D eigenvalue weighted by molar-refractivity contribution is 0.0639. The molecule has 7 heterocycles. The van der Waals surface area contributed by atoms with Crippen LogP contribution >= 0.6 is 11.3 Å². The summed E-state index contributed by atoms with van der Waals surface area (Å²) in [6, 6.07) is 9.17. The van der Waals surface area contributed by atoms with Crippen LogP contribution in [0.25, 0.3) is 32.0 Å². The van der Waals surface area contributed by atoms with Crippen LogP contribution in [0.1, 0.15) is 89.4 Å². The summed E-state index contributed by atoms with van der Waals surface area (Å²) in [4.78, 5) is 27.2. The fourth-order valence-corrected chi connectivity index (χ4v) is 9.23. The lowest BCUT2D eigenvalue weighted by atomic mass is 9.90. The van der Waals surface area contributed by atoms with E-state index < -0.39 is 0 Å². The van der Waals surface area contributed by atoms with E-state index in [9.17, 15) is 9.18 Å². The van der Waals surface area contributed by atoms with Crippen LogP contribution in [0.4, 0.5) is 10.2 Å². The molecule has 2 fully saturated rings. The number of halogens is 1. The van der Waals surface area contributed by atoms with E-state index in [0.29, 0.717) is 23.3 Å². The van der Waals surface area contributed by atoms with Gasteiger partial charge < -0.3 is 19.4 Å². The number of thiophene rings is 1. The van der Waals surface area contributed by atoms with E-state index in [-0.39, 0.29) is 23.8 Å². The van der Waals surface area contributed by atoms with E-state index in [4.69, 9.17) is 19.1 Å². The monoisotopic (exact) mass is 650 g/mol. The van der Waals surface area contributed by atoms with Gasteiger partial charge in [-0.1, -0.05) is 6.07 Å². The van der Waals surface area contributed by atoms with Crippen molar-refractivity contribution in [1.82, 2.24) is 25.1 Å². The highest BCUT2D eigenvalue weighted by molar-refractivity contribution is 7.23. The first-order chi connectivity index (χ1) is 23.0. The average Bonchev–Trinajstić information content (AvgIpc) is 3.92. The molecule has 4 aliphatic rings. The maximum Gasteiger partial charge on any atom is 0.257 e. The standard InChI is InChI=1S/C36H35FN6O3S/c1-19-41-42-35(46-19)29-26(8-4-20-11-15-45-16-12-20)39-32-27-3-2-14-43(27)36(44)31(32)30(29)28-17-22-10-13-38-34(33(22)47-28)40-25-9-6-21-5-7-23(37)18-24(21)25/h5,7,10,13,17-18,20,25,27H,2-4,6,8-9,11-12,14-16H2,1H3,(H,38,40). The van der Waals surface area contributed by atoms with Crippen molar-refractivity contribution in [2.45, 2.75) is 70.4 Å². The van der Waals surface area contributed by atoms with E-state index in [1.807, 2.05) is 23.2 Å². The summed E-state index contributed by atoms with van der Waals surface area (Å²) in [6.07, 6.45) is 9.27. The molecule has 47 heavy (non-hydrogen) atoms. The molecular weight excluding hydrogens is 616 g/mol. The summed E-state index contributed by atoms with van der Waals surface area (Å²) in [7, 11) is 0. The molecule has 5 aromatic rings. The van der Waals surface area contributed by atoms with Crippen LogP contribution in [-0.2, 0) is 17.6 Å². The molecule has 240 valence electrons. The van der Waals surface area contributed by atoms with Gasteiger partial charge in [0.25, 0.3) is 5.91 Å². The Kier molecular flexibility index (Phi) is 7.08. The normalized spacial score (nSPS) is 20.6. The number of hydrogen-bond acceptors (Lipinski definition) is 9. The van der Waals surface area contributed by atoms with Gasteiger partial charge >= 0.3 is 0 Å². The molecule has 0 bridgehead atoms. The Hall–Kier alpha value is -4.22. The van der Waals surface area contributed by atoms with Crippen LogP contribution in [-0.4, -0.2) is 50.7 Å². The van der Waals surface area contributed by atoms with E-state index in [1.165, 1.54) is 11.6 Å². The number of fused-ring (bicyclic) bond motifs is 5. The predicted octanol–water partition coefficient (Wildman–Crippen LogP) is 7.61. The number of amides is 1. The molecule has 1 N–H and O–H groups in total. The fraction of sp³-hybridized carbons (Fsp3) is 0.417. The van der Waals surface area contributed by atoms with Crippen molar-refractivity contribution in [3.05, 3.63) is 76.3 Å². The number of nitrogens with zero attached hydrogens (tertiary/aromatic N) is 5. The summed E-state index contributed by atoms with van der Waals surface area (Å²) in [6.45, 7) is 4.11. The van der Waals surface area contributed by atoms with Crippen LogP contribution in [0.15, 0.2) is 40.9 Å². The van der Waals surface area contributed by atoms with E-state index >= 15 is 0 Å². The van der Waals surface area contributed by atoms with E-state index in [1.54, 1.807) is 24.3 Å². The molecule has 1 aromatic carbocycles. The molecule has 11 heteroatoms. The van der Waals surface area contributed by atoms with Gasteiger partial charge in [-0.25, -0.2) is 9.37 Å². The van der Waals surface area contributed by atoms with Crippen LogP contribution in [0.5, 0.6) is 0 Å². The molecule has 2 atom stereocenters. The van der Waals surface area contributed by atoms with Gasteiger partial charge in [0.1, 0.15) is 11.6 Å². The van der Waals surface area contributed by atoms with Crippen molar-refractivity contribution in [3.63, 3.8) is 0 Å². The van der Waals surface area contributed by atoms with Crippen molar-refractivity contribution >= 4 is 33.1 Å². The van der Waals surface area contributed by atoms with Crippen molar-refractivity contribution < 1.29 is 18.3 Å². The zero-order valence-corrected chi connectivity index (χ0v) is 27.0. The molecule has 0 radical (unpaired) electrons. The van der Waals surface area contributed by atoms with Gasteiger partial charge in [0.15, 0.2) is 0 Å². The summed E-state index contributed by atoms with van der Waals surface area (Å²) < 4.78 is 27.0. The second-order valence-electron chi connectivity index (χ2n) is 13.2. The van der Waals surface area contributed by atoms with Crippen LogP contribution < -0.4 is 5.32 Å². The van der Waals surface area contributed by atoms with Crippen molar-refractivity contribution in [1.29, 1.82) is 0 Å². The van der Waals surface area contributed by atoms with Gasteiger partial charge in [0, 0.05) is 43.3 Å². The Morgan fingerprint density at radius 1 is 1.06 bits per heavy atom. The molecule has 0 saturated carbocycles. The van der Waals surface area contributed by atoms with Gasteiger partial charge in [-0.2, -0.15) is 0 Å². The molecule has 9 rings (SSSR count). The molecule has 1 amide bonds. The van der Waals surface area contributed by atoms with Crippen molar-refractivity contribution in [3.8, 4) is 21.9 Å². The number of hydrogen-bond donors (Lipinski definition) is 1. The number of pyridine rings is 2. The molecule has 0 spiro atoms. The number of anilines is 1.